The van der Waals surface area contributed by atoms with Crippen LogP contribution in [0.1, 0.15) is 31.7 Å². The van der Waals surface area contributed by atoms with E-state index in [2.05, 4.69) is 16.8 Å². The SMILES string of the molecule is CCCC1CCN(c2cnccc2CN)C1. The largest absolute Gasteiger partial charge is 0.370 e. The van der Waals surface area contributed by atoms with Crippen LogP contribution in [0, 0.1) is 5.92 Å². The first-order valence-electron chi connectivity index (χ1n) is 6.23. The number of pyridine rings is 1. The highest BCUT2D eigenvalue weighted by Crippen LogP contribution is 2.28. The standard InChI is InChI=1S/C13H21N3/c1-2-3-11-5-7-16(10-11)13-9-15-6-4-12(13)8-14/h4,6,9,11H,2-3,5,7-8,10,14H2,1H3. The van der Waals surface area contributed by atoms with Gasteiger partial charge in [-0.1, -0.05) is 13.3 Å². The normalized spacial score (nSPS) is 20.4. The molecule has 3 heteroatoms. The van der Waals surface area contributed by atoms with Gasteiger partial charge in [0, 0.05) is 25.8 Å². The third-order valence-corrected chi connectivity index (χ3v) is 3.43. The molecule has 2 N–H and O–H groups in total. The second-order valence-electron chi connectivity index (χ2n) is 4.60. The summed E-state index contributed by atoms with van der Waals surface area (Å²) in [6.45, 7) is 5.20. The highest BCUT2D eigenvalue weighted by atomic mass is 15.2. The van der Waals surface area contributed by atoms with Gasteiger partial charge in [0.25, 0.3) is 0 Å². The topological polar surface area (TPSA) is 42.2 Å². The van der Waals surface area contributed by atoms with Crippen LogP contribution in [0.3, 0.4) is 0 Å². The van der Waals surface area contributed by atoms with Gasteiger partial charge in [0.1, 0.15) is 0 Å². The molecule has 0 aliphatic carbocycles. The van der Waals surface area contributed by atoms with Crippen molar-refractivity contribution in [3.05, 3.63) is 24.0 Å². The molecule has 16 heavy (non-hydrogen) atoms. The summed E-state index contributed by atoms with van der Waals surface area (Å²) >= 11 is 0. The molecule has 1 fully saturated rings. The number of rotatable bonds is 4. The maximum absolute atomic E-state index is 5.76. The fourth-order valence-corrected chi connectivity index (χ4v) is 2.57. The Labute approximate surface area is 97.7 Å². The summed E-state index contributed by atoms with van der Waals surface area (Å²) in [5, 5.41) is 0. The Morgan fingerprint density at radius 1 is 1.56 bits per heavy atom. The molecule has 1 saturated heterocycles. The average molecular weight is 219 g/mol. The molecule has 0 radical (unpaired) electrons. The van der Waals surface area contributed by atoms with Crippen molar-refractivity contribution >= 4 is 5.69 Å². The Morgan fingerprint density at radius 2 is 2.44 bits per heavy atom. The maximum atomic E-state index is 5.76. The molecule has 1 aliphatic rings. The van der Waals surface area contributed by atoms with Crippen molar-refractivity contribution in [3.63, 3.8) is 0 Å². The van der Waals surface area contributed by atoms with Gasteiger partial charge in [0.15, 0.2) is 0 Å². The number of hydrogen-bond acceptors (Lipinski definition) is 3. The molecular weight excluding hydrogens is 198 g/mol. The van der Waals surface area contributed by atoms with Gasteiger partial charge in [-0.15, -0.1) is 0 Å². The minimum atomic E-state index is 0.604. The molecule has 1 unspecified atom stereocenters. The molecule has 1 aromatic heterocycles. The van der Waals surface area contributed by atoms with Crippen LogP contribution in [0.15, 0.2) is 18.5 Å². The molecule has 3 nitrogen and oxygen atoms in total. The van der Waals surface area contributed by atoms with Gasteiger partial charge >= 0.3 is 0 Å². The zero-order valence-electron chi connectivity index (χ0n) is 10.0. The maximum Gasteiger partial charge on any atom is 0.0598 e. The van der Waals surface area contributed by atoms with E-state index in [-0.39, 0.29) is 0 Å². The number of nitrogens with two attached hydrogens (primary N) is 1. The molecule has 0 aromatic carbocycles. The van der Waals surface area contributed by atoms with Crippen LogP contribution in [-0.4, -0.2) is 18.1 Å². The van der Waals surface area contributed by atoms with Crippen molar-refractivity contribution in [2.75, 3.05) is 18.0 Å². The summed E-state index contributed by atoms with van der Waals surface area (Å²) in [5.41, 5.74) is 8.21. The minimum Gasteiger partial charge on any atom is -0.370 e. The van der Waals surface area contributed by atoms with Crippen molar-refractivity contribution in [2.24, 2.45) is 11.7 Å². The predicted molar refractivity (Wildman–Crippen MR) is 67.4 cm³/mol. The zero-order valence-corrected chi connectivity index (χ0v) is 10.0. The van der Waals surface area contributed by atoms with Gasteiger partial charge in [0.2, 0.25) is 0 Å². The van der Waals surface area contributed by atoms with Crippen LogP contribution >= 0.6 is 0 Å². The van der Waals surface area contributed by atoms with Crippen molar-refractivity contribution in [2.45, 2.75) is 32.7 Å². The lowest BCUT2D eigenvalue weighted by molar-refractivity contribution is 0.529. The molecule has 0 spiro atoms. The third-order valence-electron chi connectivity index (χ3n) is 3.43. The number of anilines is 1. The van der Waals surface area contributed by atoms with E-state index < -0.39 is 0 Å². The van der Waals surface area contributed by atoms with E-state index in [4.69, 9.17) is 5.73 Å². The predicted octanol–water partition coefficient (Wildman–Crippen LogP) is 2.17. The smallest absolute Gasteiger partial charge is 0.0598 e. The molecule has 1 atom stereocenters. The first-order valence-corrected chi connectivity index (χ1v) is 6.23. The Balaban J connectivity index is 2.08. The van der Waals surface area contributed by atoms with Crippen LogP contribution in [0.25, 0.3) is 0 Å². The Morgan fingerprint density at radius 3 is 3.19 bits per heavy atom. The summed E-state index contributed by atoms with van der Waals surface area (Å²) < 4.78 is 0. The highest BCUT2D eigenvalue weighted by molar-refractivity contribution is 5.52. The summed E-state index contributed by atoms with van der Waals surface area (Å²) in [5.74, 6) is 0.857. The van der Waals surface area contributed by atoms with Gasteiger partial charge in [-0.2, -0.15) is 0 Å². The average Bonchev–Trinajstić information content (AvgIpc) is 2.78. The summed E-state index contributed by atoms with van der Waals surface area (Å²) in [7, 11) is 0. The Hall–Kier alpha value is -1.09. The lowest BCUT2D eigenvalue weighted by Crippen LogP contribution is -2.22. The van der Waals surface area contributed by atoms with Gasteiger partial charge in [0.05, 0.1) is 11.9 Å². The first-order chi connectivity index (χ1) is 7.85. The molecule has 0 amide bonds. The zero-order chi connectivity index (χ0) is 11.4. The van der Waals surface area contributed by atoms with Crippen LogP contribution < -0.4 is 10.6 Å². The monoisotopic (exact) mass is 219 g/mol. The van der Waals surface area contributed by atoms with Crippen molar-refractivity contribution in [1.29, 1.82) is 0 Å². The second kappa shape index (κ2) is 5.30. The fraction of sp³-hybridized carbons (Fsp3) is 0.615. The second-order valence-corrected chi connectivity index (χ2v) is 4.60. The van der Waals surface area contributed by atoms with Gasteiger partial charge in [-0.3, -0.25) is 4.98 Å². The molecule has 1 aromatic rings. The summed E-state index contributed by atoms with van der Waals surface area (Å²) in [6, 6.07) is 2.03. The van der Waals surface area contributed by atoms with E-state index in [0.29, 0.717) is 6.54 Å². The molecule has 0 bridgehead atoms. The van der Waals surface area contributed by atoms with E-state index in [9.17, 15) is 0 Å². The van der Waals surface area contributed by atoms with Crippen LogP contribution in [0.5, 0.6) is 0 Å². The van der Waals surface area contributed by atoms with Crippen molar-refractivity contribution in [3.8, 4) is 0 Å². The van der Waals surface area contributed by atoms with Gasteiger partial charge in [-0.25, -0.2) is 0 Å². The molecular formula is C13H21N3. The van der Waals surface area contributed by atoms with Crippen molar-refractivity contribution in [1.82, 2.24) is 4.98 Å². The van der Waals surface area contributed by atoms with Crippen LogP contribution in [0.4, 0.5) is 5.69 Å². The lowest BCUT2D eigenvalue weighted by Gasteiger charge is -2.21. The van der Waals surface area contributed by atoms with E-state index in [1.807, 2.05) is 18.5 Å². The lowest BCUT2D eigenvalue weighted by atomic mass is 10.0. The van der Waals surface area contributed by atoms with E-state index in [1.165, 1.54) is 37.1 Å². The molecule has 88 valence electrons. The molecule has 0 saturated carbocycles. The van der Waals surface area contributed by atoms with Gasteiger partial charge in [-0.05, 0) is 30.4 Å². The van der Waals surface area contributed by atoms with E-state index >= 15 is 0 Å². The Bertz CT molecular complexity index is 338. The van der Waals surface area contributed by atoms with Crippen molar-refractivity contribution < 1.29 is 0 Å². The van der Waals surface area contributed by atoms with E-state index in [0.717, 1.165) is 12.5 Å². The minimum absolute atomic E-state index is 0.604. The highest BCUT2D eigenvalue weighted by Gasteiger charge is 2.23. The van der Waals surface area contributed by atoms with Crippen LogP contribution in [-0.2, 0) is 6.54 Å². The fourth-order valence-electron chi connectivity index (χ4n) is 2.57. The summed E-state index contributed by atoms with van der Waals surface area (Å²) in [4.78, 5) is 6.65. The molecule has 2 rings (SSSR count). The third kappa shape index (κ3) is 2.35. The number of nitrogens with zero attached hydrogens (tertiary/aromatic N) is 2. The van der Waals surface area contributed by atoms with Crippen LogP contribution in [0.2, 0.25) is 0 Å². The number of aromatic nitrogens is 1. The molecule has 1 aliphatic heterocycles. The first kappa shape index (κ1) is 11.4. The van der Waals surface area contributed by atoms with Gasteiger partial charge < -0.3 is 10.6 Å². The number of hydrogen-bond donors (Lipinski definition) is 1. The Kier molecular flexibility index (Phi) is 3.78. The quantitative estimate of drug-likeness (QED) is 0.844. The van der Waals surface area contributed by atoms with E-state index in [1.54, 1.807) is 0 Å². The molecule has 2 heterocycles. The summed E-state index contributed by atoms with van der Waals surface area (Å²) in [6.07, 6.45) is 7.72.